The second-order valence-electron chi connectivity index (χ2n) is 8.96. The van der Waals surface area contributed by atoms with Crippen molar-refractivity contribution >= 4 is 19.2 Å². The molecule has 0 spiro atoms. The van der Waals surface area contributed by atoms with E-state index in [2.05, 4.69) is 26.0 Å². The Labute approximate surface area is 197 Å². The number of aromatic nitrogens is 4. The average molecular weight is 492 g/mol. The summed E-state index contributed by atoms with van der Waals surface area (Å²) in [5.74, 6) is 0.834. The Morgan fingerprint density at radius 1 is 1.15 bits per heavy atom. The Morgan fingerprint density at radius 2 is 1.85 bits per heavy atom. The third kappa shape index (κ3) is 6.56. The molecule has 4 rings (SSSR count). The smallest absolute Gasteiger partial charge is 0.318 e. The van der Waals surface area contributed by atoms with Gasteiger partial charge in [0.15, 0.2) is 0 Å². The van der Waals surface area contributed by atoms with E-state index in [1.807, 2.05) is 35.1 Å². The summed E-state index contributed by atoms with van der Waals surface area (Å²) in [4.78, 5) is 17.8. The molecule has 1 aromatic carbocycles. The largest absolute Gasteiger partial charge is 0.469 e. The predicted molar refractivity (Wildman–Crippen MR) is 127 cm³/mol. The van der Waals surface area contributed by atoms with Gasteiger partial charge in [0.05, 0.1) is 18.3 Å². The zero-order chi connectivity index (χ0) is 23.5. The Morgan fingerprint density at radius 3 is 2.55 bits per heavy atom. The van der Waals surface area contributed by atoms with Gasteiger partial charge in [0.2, 0.25) is 0 Å². The number of hydrogen-bond acceptors (Lipinski definition) is 7. The van der Waals surface area contributed by atoms with Gasteiger partial charge in [0.1, 0.15) is 10.0 Å². The Balaban J connectivity index is 1.39. The van der Waals surface area contributed by atoms with Crippen LogP contribution in [0.3, 0.4) is 0 Å². The summed E-state index contributed by atoms with van der Waals surface area (Å²) in [6.45, 7) is 2.19. The lowest BCUT2D eigenvalue weighted by Crippen LogP contribution is -2.37. The summed E-state index contributed by atoms with van der Waals surface area (Å²) in [6, 6.07) is 7.99. The summed E-state index contributed by atoms with van der Waals surface area (Å²) >= 11 is 1.27. The molecular formula is C22H30N5O4PS. The van der Waals surface area contributed by atoms with Crippen LogP contribution >= 0.6 is 19.2 Å². The molecule has 0 bridgehead atoms. The molecule has 0 saturated heterocycles. The van der Waals surface area contributed by atoms with Gasteiger partial charge in [-0.15, -0.1) is 10.2 Å². The summed E-state index contributed by atoms with van der Waals surface area (Å²) in [6.07, 6.45) is 12.0. The lowest BCUT2D eigenvalue weighted by Gasteiger charge is -2.21. The molecular weight excluding hydrogens is 461 g/mol. The molecule has 0 amide bonds. The second-order valence-corrected chi connectivity index (χ2v) is 11.2. The number of hydrogen-bond donors (Lipinski definition) is 3. The lowest BCUT2D eigenvalue weighted by molar-refractivity contribution is 0.158. The molecule has 178 valence electrons. The molecule has 4 N–H and O–H groups in total. The number of rotatable bonds is 9. The molecule has 1 atom stereocenters. The molecule has 0 unspecified atom stereocenters. The highest BCUT2D eigenvalue weighted by Crippen LogP contribution is 2.38. The van der Waals surface area contributed by atoms with E-state index in [-0.39, 0.29) is 6.61 Å². The van der Waals surface area contributed by atoms with Crippen LogP contribution in [0.2, 0.25) is 0 Å². The lowest BCUT2D eigenvalue weighted by atomic mass is 9.87. The molecule has 3 aromatic rings. The minimum Gasteiger partial charge on any atom is -0.318 e. The Bertz CT molecular complexity index is 1100. The highest BCUT2D eigenvalue weighted by Gasteiger charge is 2.30. The monoisotopic (exact) mass is 491 g/mol. The number of aryl methyl sites for hydroxylation is 1. The maximum atomic E-state index is 11.0. The first kappa shape index (κ1) is 24.2. The first-order valence-corrected chi connectivity index (χ1v) is 13.5. The van der Waals surface area contributed by atoms with Crippen molar-refractivity contribution < 1.29 is 18.9 Å². The van der Waals surface area contributed by atoms with E-state index in [1.165, 1.54) is 49.9 Å². The van der Waals surface area contributed by atoms with Crippen LogP contribution in [-0.4, -0.2) is 36.4 Å². The molecule has 2 aromatic heterocycles. The fourth-order valence-corrected chi connectivity index (χ4v) is 5.41. The van der Waals surface area contributed by atoms with E-state index >= 15 is 0 Å². The van der Waals surface area contributed by atoms with Gasteiger partial charge < -0.3 is 15.5 Å². The van der Waals surface area contributed by atoms with Crippen LogP contribution in [0.1, 0.15) is 50.5 Å². The topological polar surface area (TPSA) is 136 Å². The van der Waals surface area contributed by atoms with Crippen LogP contribution in [0.5, 0.6) is 0 Å². The molecule has 11 heteroatoms. The van der Waals surface area contributed by atoms with Crippen molar-refractivity contribution in [3.8, 4) is 21.7 Å². The standard InChI is InChI=1S/C22H30N5O4PS/c1-22(23,15-31-32(28,29)30)21-26-25-20(33-21)18-9-7-17(8-10-18)19-13-24-27(14-19)12-11-16-5-3-2-4-6-16/h7-10,13-14,16H,2-6,11-12,15,23H2,1H3,(H2,28,29,30)/t22-/m0/s1. The van der Waals surface area contributed by atoms with Crippen molar-refractivity contribution in [2.24, 2.45) is 11.7 Å². The Kier molecular flexibility index (Phi) is 7.43. The SMILES string of the molecule is C[C@](N)(COP(=O)(O)O)c1nnc(-c2ccc(-c3cnn(CCC4CCCCC4)c3)cc2)s1. The van der Waals surface area contributed by atoms with Gasteiger partial charge in [-0.1, -0.05) is 67.7 Å². The van der Waals surface area contributed by atoms with E-state index in [0.29, 0.717) is 10.0 Å². The normalized spacial score (nSPS) is 17.2. The van der Waals surface area contributed by atoms with Crippen LogP contribution in [0.4, 0.5) is 0 Å². The highest BCUT2D eigenvalue weighted by atomic mass is 32.1. The van der Waals surface area contributed by atoms with Crippen molar-refractivity contribution in [1.82, 2.24) is 20.0 Å². The maximum Gasteiger partial charge on any atom is 0.469 e. The minimum absolute atomic E-state index is 0.365. The molecule has 0 aliphatic heterocycles. The number of benzene rings is 1. The number of phosphoric acid groups is 1. The fourth-order valence-electron chi connectivity index (χ4n) is 4.08. The van der Waals surface area contributed by atoms with Crippen molar-refractivity contribution in [3.63, 3.8) is 0 Å². The molecule has 2 heterocycles. The summed E-state index contributed by atoms with van der Waals surface area (Å²) in [7, 11) is -4.61. The summed E-state index contributed by atoms with van der Waals surface area (Å²) in [5, 5.41) is 14.0. The second kappa shape index (κ2) is 10.1. The van der Waals surface area contributed by atoms with Crippen molar-refractivity contribution in [3.05, 3.63) is 41.7 Å². The first-order valence-electron chi connectivity index (χ1n) is 11.2. The van der Waals surface area contributed by atoms with Crippen molar-refractivity contribution in [2.75, 3.05) is 6.61 Å². The van der Waals surface area contributed by atoms with Gasteiger partial charge in [-0.3, -0.25) is 9.21 Å². The average Bonchev–Trinajstić information content (AvgIpc) is 3.47. The minimum atomic E-state index is -4.61. The van der Waals surface area contributed by atoms with Crippen LogP contribution in [0.25, 0.3) is 21.7 Å². The van der Waals surface area contributed by atoms with Crippen LogP contribution < -0.4 is 5.73 Å². The van der Waals surface area contributed by atoms with Gasteiger partial charge in [-0.25, -0.2) is 4.57 Å². The number of nitrogens with zero attached hydrogens (tertiary/aromatic N) is 4. The van der Waals surface area contributed by atoms with Crippen molar-refractivity contribution in [1.29, 1.82) is 0 Å². The van der Waals surface area contributed by atoms with Crippen LogP contribution in [0, 0.1) is 5.92 Å². The van der Waals surface area contributed by atoms with Gasteiger partial charge >= 0.3 is 7.82 Å². The fraction of sp³-hybridized carbons (Fsp3) is 0.500. The van der Waals surface area contributed by atoms with Gasteiger partial charge in [0.25, 0.3) is 0 Å². The summed E-state index contributed by atoms with van der Waals surface area (Å²) in [5.41, 5.74) is 8.02. The first-order chi connectivity index (χ1) is 15.7. The van der Waals surface area contributed by atoms with E-state index in [1.54, 1.807) is 6.92 Å². The van der Waals surface area contributed by atoms with E-state index < -0.39 is 13.4 Å². The molecule has 1 fully saturated rings. The Hall–Kier alpha value is -1.94. The van der Waals surface area contributed by atoms with E-state index in [9.17, 15) is 4.57 Å². The quantitative estimate of drug-likeness (QED) is 0.377. The van der Waals surface area contributed by atoms with Crippen LogP contribution in [0.15, 0.2) is 36.7 Å². The number of nitrogens with two attached hydrogens (primary N) is 1. The van der Waals surface area contributed by atoms with E-state index in [0.717, 1.165) is 29.2 Å². The molecule has 0 radical (unpaired) electrons. The molecule has 9 nitrogen and oxygen atoms in total. The third-order valence-corrected chi connectivity index (χ3v) is 7.75. The summed E-state index contributed by atoms with van der Waals surface area (Å²) < 4.78 is 17.6. The molecule has 1 aliphatic rings. The molecule has 1 saturated carbocycles. The van der Waals surface area contributed by atoms with Gasteiger partial charge in [-0.05, 0) is 24.8 Å². The zero-order valence-corrected chi connectivity index (χ0v) is 20.3. The molecule has 1 aliphatic carbocycles. The van der Waals surface area contributed by atoms with Gasteiger partial charge in [-0.2, -0.15) is 5.10 Å². The molecule has 33 heavy (non-hydrogen) atoms. The van der Waals surface area contributed by atoms with Crippen LogP contribution in [-0.2, 0) is 21.2 Å². The number of phosphoric ester groups is 1. The third-order valence-electron chi connectivity index (χ3n) is 6.04. The van der Waals surface area contributed by atoms with Crippen molar-refractivity contribution in [2.45, 2.75) is 57.5 Å². The maximum absolute atomic E-state index is 11.0. The predicted octanol–water partition coefficient (Wildman–Crippen LogP) is 4.32. The van der Waals surface area contributed by atoms with Gasteiger partial charge in [0, 0.05) is 23.9 Å². The highest BCUT2D eigenvalue weighted by molar-refractivity contribution is 7.46. The zero-order valence-electron chi connectivity index (χ0n) is 18.6. The van der Waals surface area contributed by atoms with E-state index in [4.69, 9.17) is 15.5 Å².